The number of ketones is 1. The molecule has 0 unspecified atom stereocenters. The summed E-state index contributed by atoms with van der Waals surface area (Å²) < 4.78 is 10.6. The average Bonchev–Trinajstić information content (AvgIpc) is 2.45. The van der Waals surface area contributed by atoms with Crippen molar-refractivity contribution in [1.29, 1.82) is 0 Å². The minimum absolute atomic E-state index is 0.0101. The van der Waals surface area contributed by atoms with Crippen molar-refractivity contribution < 1.29 is 19.4 Å². The summed E-state index contributed by atoms with van der Waals surface area (Å²) in [4.78, 5) is 12.0. The van der Waals surface area contributed by atoms with Crippen LogP contribution in [0.15, 0.2) is 0 Å². The molecule has 0 aromatic heterocycles. The second-order valence-corrected chi connectivity index (χ2v) is 7.33. The minimum Gasteiger partial charge on any atom is -0.392 e. The van der Waals surface area contributed by atoms with Crippen molar-refractivity contribution in [3.05, 3.63) is 0 Å². The second kappa shape index (κ2) is 7.88. The highest BCUT2D eigenvalue weighted by molar-refractivity contribution is 7.99. The molecular formula is C13H22O4S2. The Hall–Kier alpha value is 0.250. The van der Waals surface area contributed by atoms with Crippen molar-refractivity contribution in [3.8, 4) is 0 Å². The molecule has 2 saturated heterocycles. The lowest BCUT2D eigenvalue weighted by Gasteiger charge is -2.37. The van der Waals surface area contributed by atoms with Gasteiger partial charge < -0.3 is 14.6 Å². The molecule has 2 fully saturated rings. The summed E-state index contributed by atoms with van der Waals surface area (Å²) in [6.45, 7) is 0.256. The first-order valence-electron chi connectivity index (χ1n) is 6.71. The molecule has 2 aliphatic heterocycles. The van der Waals surface area contributed by atoms with E-state index in [9.17, 15) is 9.90 Å². The second-order valence-electron chi connectivity index (χ2n) is 5.03. The lowest BCUT2D eigenvalue weighted by molar-refractivity contribution is -0.133. The molecule has 19 heavy (non-hydrogen) atoms. The summed E-state index contributed by atoms with van der Waals surface area (Å²) in [5, 5.41) is 10.6. The average molecular weight is 306 g/mol. The fourth-order valence-corrected chi connectivity index (χ4v) is 5.07. The molecule has 0 radical (unpaired) electrons. The van der Waals surface area contributed by atoms with Crippen molar-refractivity contribution >= 4 is 29.3 Å². The van der Waals surface area contributed by atoms with Gasteiger partial charge in [0.05, 0.1) is 18.1 Å². The third-order valence-electron chi connectivity index (χ3n) is 3.79. The van der Waals surface area contributed by atoms with E-state index in [-0.39, 0.29) is 30.5 Å². The van der Waals surface area contributed by atoms with Crippen LogP contribution in [0.3, 0.4) is 0 Å². The van der Waals surface area contributed by atoms with Crippen LogP contribution in [0.25, 0.3) is 0 Å². The zero-order chi connectivity index (χ0) is 13.7. The zero-order valence-corrected chi connectivity index (χ0v) is 12.9. The van der Waals surface area contributed by atoms with Gasteiger partial charge in [-0.3, -0.25) is 4.79 Å². The third-order valence-corrected chi connectivity index (χ3v) is 6.02. The number of ether oxygens (including phenoxy) is 2. The van der Waals surface area contributed by atoms with E-state index >= 15 is 0 Å². The van der Waals surface area contributed by atoms with E-state index in [1.165, 1.54) is 0 Å². The van der Waals surface area contributed by atoms with E-state index in [1.54, 1.807) is 18.9 Å². The molecule has 4 atom stereocenters. The molecule has 4 nitrogen and oxygen atoms in total. The van der Waals surface area contributed by atoms with Gasteiger partial charge in [0.2, 0.25) is 0 Å². The number of rotatable bonds is 5. The van der Waals surface area contributed by atoms with E-state index < -0.39 is 6.10 Å². The number of methoxy groups -OCH3 is 1. The Morgan fingerprint density at radius 1 is 1.37 bits per heavy atom. The minimum atomic E-state index is -0.574. The lowest BCUT2D eigenvalue weighted by atomic mass is 9.84. The van der Waals surface area contributed by atoms with Crippen molar-refractivity contribution in [1.82, 2.24) is 0 Å². The van der Waals surface area contributed by atoms with Crippen LogP contribution in [-0.2, 0) is 14.3 Å². The lowest BCUT2D eigenvalue weighted by Crippen LogP contribution is -2.46. The third kappa shape index (κ3) is 4.11. The van der Waals surface area contributed by atoms with Crippen LogP contribution in [0, 0.1) is 11.8 Å². The van der Waals surface area contributed by atoms with Crippen LogP contribution in [0.1, 0.15) is 12.8 Å². The van der Waals surface area contributed by atoms with Gasteiger partial charge in [0.25, 0.3) is 0 Å². The Morgan fingerprint density at radius 3 is 2.89 bits per heavy atom. The van der Waals surface area contributed by atoms with Crippen molar-refractivity contribution in [2.45, 2.75) is 25.0 Å². The van der Waals surface area contributed by atoms with Gasteiger partial charge in [-0.05, 0) is 12.2 Å². The Morgan fingerprint density at radius 2 is 2.16 bits per heavy atom. The van der Waals surface area contributed by atoms with Gasteiger partial charge in [-0.15, -0.1) is 0 Å². The molecule has 2 aliphatic rings. The van der Waals surface area contributed by atoms with Crippen LogP contribution in [0.5, 0.6) is 0 Å². The van der Waals surface area contributed by atoms with E-state index in [2.05, 4.69) is 0 Å². The number of aliphatic hydroxyl groups is 1. The summed E-state index contributed by atoms with van der Waals surface area (Å²) in [5.41, 5.74) is 0. The van der Waals surface area contributed by atoms with Crippen LogP contribution < -0.4 is 0 Å². The topological polar surface area (TPSA) is 55.8 Å². The van der Waals surface area contributed by atoms with Crippen LogP contribution >= 0.6 is 23.5 Å². The zero-order valence-electron chi connectivity index (χ0n) is 11.2. The molecule has 0 bridgehead atoms. The van der Waals surface area contributed by atoms with Gasteiger partial charge in [-0.25, -0.2) is 0 Å². The van der Waals surface area contributed by atoms with Crippen LogP contribution in [-0.4, -0.2) is 60.0 Å². The normalized spacial score (nSPS) is 34.2. The first kappa shape index (κ1) is 15.6. The number of carbonyl (C=O) groups excluding carboxylic acids is 1. The Bertz CT molecular complexity index is 300. The summed E-state index contributed by atoms with van der Waals surface area (Å²) in [6.07, 6.45) is 0.950. The van der Waals surface area contributed by atoms with Gasteiger partial charge >= 0.3 is 0 Å². The maximum atomic E-state index is 12.0. The van der Waals surface area contributed by atoms with E-state index in [0.717, 1.165) is 29.4 Å². The van der Waals surface area contributed by atoms with E-state index in [0.29, 0.717) is 6.42 Å². The van der Waals surface area contributed by atoms with E-state index in [1.807, 2.05) is 11.8 Å². The predicted octanol–water partition coefficient (Wildman–Crippen LogP) is 1.41. The van der Waals surface area contributed by atoms with Crippen LogP contribution in [0.4, 0.5) is 0 Å². The van der Waals surface area contributed by atoms with Gasteiger partial charge in [0, 0.05) is 36.7 Å². The SMILES string of the molecule is COCO[C@H]1CCSC[C@H]1[C@@H](O)[C@H]1CSCCC1=O. The maximum absolute atomic E-state index is 12.0. The summed E-state index contributed by atoms with van der Waals surface area (Å²) >= 11 is 3.60. The number of thioether (sulfide) groups is 2. The molecule has 0 amide bonds. The molecule has 6 heteroatoms. The number of Topliss-reactive ketones (excluding diaryl/α,β-unsaturated/α-hetero) is 1. The highest BCUT2D eigenvalue weighted by Gasteiger charge is 2.39. The maximum Gasteiger partial charge on any atom is 0.146 e. The first-order chi connectivity index (χ1) is 9.24. The fraction of sp³-hybridized carbons (Fsp3) is 0.923. The summed E-state index contributed by atoms with van der Waals surface area (Å²) in [6, 6.07) is 0. The van der Waals surface area contributed by atoms with Crippen molar-refractivity contribution in [3.63, 3.8) is 0 Å². The molecule has 0 spiro atoms. The van der Waals surface area contributed by atoms with E-state index in [4.69, 9.17) is 9.47 Å². The number of hydrogen-bond donors (Lipinski definition) is 1. The monoisotopic (exact) mass is 306 g/mol. The Kier molecular flexibility index (Phi) is 6.49. The van der Waals surface area contributed by atoms with Crippen LogP contribution in [0.2, 0.25) is 0 Å². The fourth-order valence-electron chi connectivity index (χ4n) is 2.67. The summed E-state index contributed by atoms with van der Waals surface area (Å²) in [7, 11) is 1.60. The Labute approximate surface area is 123 Å². The number of hydrogen-bond acceptors (Lipinski definition) is 6. The predicted molar refractivity (Wildman–Crippen MR) is 78.6 cm³/mol. The Balaban J connectivity index is 1.97. The van der Waals surface area contributed by atoms with Gasteiger partial charge in [0.15, 0.2) is 0 Å². The van der Waals surface area contributed by atoms with Gasteiger partial charge in [-0.1, -0.05) is 0 Å². The van der Waals surface area contributed by atoms with Gasteiger partial charge in [-0.2, -0.15) is 23.5 Å². The highest BCUT2D eigenvalue weighted by Crippen LogP contribution is 2.34. The quantitative estimate of drug-likeness (QED) is 0.775. The number of aliphatic hydroxyl groups excluding tert-OH is 1. The van der Waals surface area contributed by atoms with Crippen molar-refractivity contribution in [2.24, 2.45) is 11.8 Å². The van der Waals surface area contributed by atoms with Crippen molar-refractivity contribution in [2.75, 3.05) is 36.9 Å². The number of carbonyl (C=O) groups is 1. The smallest absolute Gasteiger partial charge is 0.146 e. The molecule has 1 N–H and O–H groups in total. The summed E-state index contributed by atoms with van der Waals surface area (Å²) in [5.74, 6) is 3.60. The largest absolute Gasteiger partial charge is 0.392 e. The molecular weight excluding hydrogens is 284 g/mol. The highest BCUT2D eigenvalue weighted by atomic mass is 32.2. The molecule has 0 aliphatic carbocycles. The van der Waals surface area contributed by atoms with Gasteiger partial charge in [0.1, 0.15) is 12.6 Å². The molecule has 0 aromatic rings. The molecule has 110 valence electrons. The molecule has 2 heterocycles. The standard InChI is InChI=1S/C13H22O4S2/c1-16-8-17-12-3-5-19-7-10(12)13(15)9-6-18-4-2-11(9)14/h9-10,12-13,15H,2-8H2,1H3/t9-,10+,12-,13-/m0/s1. The molecule has 2 rings (SSSR count). The molecule has 0 saturated carbocycles. The first-order valence-corrected chi connectivity index (χ1v) is 9.01. The molecule has 0 aromatic carbocycles.